The number of nitrogens with one attached hydrogen (secondary N) is 1. The molecule has 1 fully saturated rings. The zero-order chi connectivity index (χ0) is 18.6. The van der Waals surface area contributed by atoms with Crippen LogP contribution in [0, 0.1) is 5.92 Å². The monoisotopic (exact) mass is 489 g/mol. The van der Waals surface area contributed by atoms with E-state index >= 15 is 0 Å². The van der Waals surface area contributed by atoms with Gasteiger partial charge in [0.15, 0.2) is 5.96 Å². The highest BCUT2D eigenvalue weighted by molar-refractivity contribution is 14.0. The van der Waals surface area contributed by atoms with Crippen LogP contribution in [0.4, 0.5) is 0 Å². The van der Waals surface area contributed by atoms with Crippen molar-refractivity contribution in [2.75, 3.05) is 20.1 Å². The van der Waals surface area contributed by atoms with Crippen LogP contribution in [-0.2, 0) is 20.0 Å². The third-order valence-corrected chi connectivity index (χ3v) is 5.40. The fourth-order valence-corrected chi connectivity index (χ4v) is 4.06. The maximum absolute atomic E-state index is 4.53. The van der Waals surface area contributed by atoms with Gasteiger partial charge in [0.1, 0.15) is 0 Å². The first-order chi connectivity index (χ1) is 13.2. The molecule has 1 aromatic heterocycles. The Bertz CT molecular complexity index is 944. The van der Waals surface area contributed by atoms with E-state index in [1.807, 2.05) is 25.0 Å². The standard InChI is InChI=1S/C22H27N5.HI/c1-23-22(24-14-20-8-5-7-19-6-3-4-9-21(19)20)27-11-10-17(16-27)12-18-13-25-26(2)15-18;/h3-9,13,15,17H,10-12,14,16H2,1-2H3,(H,23,24);1H. The minimum absolute atomic E-state index is 0. The van der Waals surface area contributed by atoms with Crippen molar-refractivity contribution in [1.82, 2.24) is 20.0 Å². The predicted octanol–water partition coefficient (Wildman–Crippen LogP) is 3.83. The predicted molar refractivity (Wildman–Crippen MR) is 126 cm³/mol. The van der Waals surface area contributed by atoms with Gasteiger partial charge in [-0.15, -0.1) is 24.0 Å². The van der Waals surface area contributed by atoms with E-state index in [1.165, 1.54) is 28.3 Å². The van der Waals surface area contributed by atoms with Crippen molar-refractivity contribution in [2.24, 2.45) is 18.0 Å². The summed E-state index contributed by atoms with van der Waals surface area (Å²) in [5.74, 6) is 1.65. The second-order valence-electron chi connectivity index (χ2n) is 7.37. The number of fused-ring (bicyclic) bond motifs is 1. The molecule has 3 aromatic rings. The molecule has 2 aromatic carbocycles. The van der Waals surface area contributed by atoms with E-state index in [9.17, 15) is 0 Å². The number of hydrogen-bond acceptors (Lipinski definition) is 2. The lowest BCUT2D eigenvalue weighted by Crippen LogP contribution is -2.39. The first-order valence-electron chi connectivity index (χ1n) is 9.62. The van der Waals surface area contributed by atoms with E-state index in [2.05, 4.69) is 69.0 Å². The Morgan fingerprint density at radius 3 is 2.82 bits per heavy atom. The third kappa shape index (κ3) is 4.66. The van der Waals surface area contributed by atoms with Crippen LogP contribution in [0.5, 0.6) is 0 Å². The molecule has 6 heteroatoms. The van der Waals surface area contributed by atoms with Crippen LogP contribution >= 0.6 is 24.0 Å². The smallest absolute Gasteiger partial charge is 0.193 e. The number of halogens is 1. The first kappa shape index (κ1) is 20.6. The van der Waals surface area contributed by atoms with Gasteiger partial charge in [-0.25, -0.2) is 0 Å². The number of likely N-dealkylation sites (tertiary alicyclic amines) is 1. The summed E-state index contributed by atoms with van der Waals surface area (Å²) in [4.78, 5) is 6.91. The lowest BCUT2D eigenvalue weighted by Gasteiger charge is -2.22. The highest BCUT2D eigenvalue weighted by Crippen LogP contribution is 2.21. The molecule has 1 aliphatic rings. The molecule has 148 valence electrons. The number of rotatable bonds is 4. The highest BCUT2D eigenvalue weighted by atomic mass is 127. The van der Waals surface area contributed by atoms with Crippen LogP contribution < -0.4 is 5.32 Å². The van der Waals surface area contributed by atoms with Crippen LogP contribution in [0.1, 0.15) is 17.5 Å². The number of guanidine groups is 1. The fraction of sp³-hybridized carbons (Fsp3) is 0.364. The molecule has 0 spiro atoms. The van der Waals surface area contributed by atoms with Crippen LogP contribution in [0.15, 0.2) is 59.9 Å². The number of aromatic nitrogens is 2. The topological polar surface area (TPSA) is 45.5 Å². The van der Waals surface area contributed by atoms with E-state index in [1.54, 1.807) is 0 Å². The maximum Gasteiger partial charge on any atom is 0.193 e. The Balaban J connectivity index is 0.00000225. The second kappa shape index (κ2) is 9.41. The number of aryl methyl sites for hydroxylation is 1. The largest absolute Gasteiger partial charge is 0.352 e. The van der Waals surface area contributed by atoms with Gasteiger partial charge in [0, 0.05) is 39.9 Å². The van der Waals surface area contributed by atoms with Crippen LogP contribution in [0.3, 0.4) is 0 Å². The lowest BCUT2D eigenvalue weighted by atomic mass is 10.0. The molecule has 1 saturated heterocycles. The van der Waals surface area contributed by atoms with Gasteiger partial charge in [-0.05, 0) is 40.7 Å². The number of aliphatic imine (C=N–C) groups is 1. The summed E-state index contributed by atoms with van der Waals surface area (Å²) in [6, 6.07) is 15.0. The average molecular weight is 489 g/mol. The Labute approximate surface area is 183 Å². The Morgan fingerprint density at radius 1 is 1.21 bits per heavy atom. The molecule has 0 bridgehead atoms. The van der Waals surface area contributed by atoms with Gasteiger partial charge in [0.05, 0.1) is 6.20 Å². The van der Waals surface area contributed by atoms with Crippen LogP contribution in [0.25, 0.3) is 10.8 Å². The summed E-state index contributed by atoms with van der Waals surface area (Å²) in [6.07, 6.45) is 6.39. The van der Waals surface area contributed by atoms with Crippen molar-refractivity contribution in [2.45, 2.75) is 19.4 Å². The van der Waals surface area contributed by atoms with E-state index < -0.39 is 0 Å². The van der Waals surface area contributed by atoms with Gasteiger partial charge in [-0.2, -0.15) is 5.10 Å². The van der Waals surface area contributed by atoms with Crippen LogP contribution in [-0.4, -0.2) is 40.8 Å². The van der Waals surface area contributed by atoms with Gasteiger partial charge in [-0.1, -0.05) is 42.5 Å². The van der Waals surface area contributed by atoms with E-state index in [0.717, 1.165) is 32.0 Å². The summed E-state index contributed by atoms with van der Waals surface area (Å²) >= 11 is 0. The van der Waals surface area contributed by atoms with E-state index in [0.29, 0.717) is 5.92 Å². The molecule has 0 radical (unpaired) electrons. The van der Waals surface area contributed by atoms with Crippen molar-refractivity contribution in [3.8, 4) is 0 Å². The molecular weight excluding hydrogens is 461 g/mol. The Morgan fingerprint density at radius 2 is 2.04 bits per heavy atom. The van der Waals surface area contributed by atoms with Gasteiger partial charge < -0.3 is 10.2 Å². The third-order valence-electron chi connectivity index (χ3n) is 5.40. The molecule has 0 aliphatic carbocycles. The molecule has 1 atom stereocenters. The van der Waals surface area contributed by atoms with Gasteiger partial charge in [-0.3, -0.25) is 9.67 Å². The Hall–Kier alpha value is -2.09. The first-order valence-corrected chi connectivity index (χ1v) is 9.62. The van der Waals surface area contributed by atoms with Crippen LogP contribution in [0.2, 0.25) is 0 Å². The maximum atomic E-state index is 4.53. The summed E-state index contributed by atoms with van der Waals surface area (Å²) in [7, 11) is 3.85. The van der Waals surface area contributed by atoms with Gasteiger partial charge in [0.25, 0.3) is 0 Å². The molecular formula is C22H28IN5. The van der Waals surface area contributed by atoms with E-state index in [4.69, 9.17) is 0 Å². The average Bonchev–Trinajstić information content (AvgIpc) is 3.32. The minimum atomic E-state index is 0. The second-order valence-corrected chi connectivity index (χ2v) is 7.37. The molecule has 1 unspecified atom stereocenters. The van der Waals surface area contributed by atoms with E-state index in [-0.39, 0.29) is 24.0 Å². The molecule has 1 aliphatic heterocycles. The zero-order valence-electron chi connectivity index (χ0n) is 16.5. The van der Waals surface area contributed by atoms with Crippen molar-refractivity contribution in [3.05, 3.63) is 66.0 Å². The molecule has 1 N–H and O–H groups in total. The Kier molecular flexibility index (Phi) is 6.93. The van der Waals surface area contributed by atoms with Crippen molar-refractivity contribution < 1.29 is 0 Å². The van der Waals surface area contributed by atoms with Crippen molar-refractivity contribution in [3.63, 3.8) is 0 Å². The molecule has 5 nitrogen and oxygen atoms in total. The molecule has 0 saturated carbocycles. The quantitative estimate of drug-likeness (QED) is 0.344. The minimum Gasteiger partial charge on any atom is -0.352 e. The highest BCUT2D eigenvalue weighted by Gasteiger charge is 2.25. The van der Waals surface area contributed by atoms with Gasteiger partial charge >= 0.3 is 0 Å². The zero-order valence-corrected chi connectivity index (χ0v) is 18.8. The molecule has 0 amide bonds. The number of hydrogen-bond donors (Lipinski definition) is 1. The SMILES string of the molecule is CN=C(NCc1cccc2ccccc12)N1CCC(Cc2cnn(C)c2)C1.I. The summed E-state index contributed by atoms with van der Waals surface area (Å²) in [5, 5.41) is 10.4. The normalized spacial score (nSPS) is 17.0. The lowest BCUT2D eigenvalue weighted by molar-refractivity contribution is 0.460. The summed E-state index contributed by atoms with van der Waals surface area (Å²) < 4.78 is 1.88. The van der Waals surface area contributed by atoms with Gasteiger partial charge in [0.2, 0.25) is 0 Å². The number of benzene rings is 2. The fourth-order valence-electron chi connectivity index (χ4n) is 4.06. The summed E-state index contributed by atoms with van der Waals surface area (Å²) in [5.41, 5.74) is 2.63. The molecule has 2 heterocycles. The number of nitrogens with zero attached hydrogens (tertiary/aromatic N) is 4. The van der Waals surface area contributed by atoms with Crippen molar-refractivity contribution >= 4 is 40.7 Å². The molecule has 28 heavy (non-hydrogen) atoms. The summed E-state index contributed by atoms with van der Waals surface area (Å²) in [6.45, 7) is 2.89. The molecule has 4 rings (SSSR count). The van der Waals surface area contributed by atoms with Crippen molar-refractivity contribution in [1.29, 1.82) is 0 Å².